The molecule has 1 atom stereocenters. The lowest BCUT2D eigenvalue weighted by Crippen LogP contribution is -2.29. The second-order valence-corrected chi connectivity index (χ2v) is 7.73. The van der Waals surface area contributed by atoms with Gasteiger partial charge in [-0.15, -0.1) is 0 Å². The van der Waals surface area contributed by atoms with Gasteiger partial charge in [-0.25, -0.2) is 0 Å². The van der Waals surface area contributed by atoms with E-state index in [1.54, 1.807) is 0 Å². The first-order valence-corrected chi connectivity index (χ1v) is 11.0. The molecule has 7 N–H and O–H groups in total. The summed E-state index contributed by atoms with van der Waals surface area (Å²) in [6.07, 6.45) is 9.68. The van der Waals surface area contributed by atoms with Crippen LogP contribution in [0.4, 0.5) is 0 Å². The largest absolute Gasteiger partial charge is 0.480 e. The highest BCUT2D eigenvalue weighted by Crippen LogP contribution is 2.18. The van der Waals surface area contributed by atoms with E-state index < -0.39 is 12.0 Å². The normalized spacial score (nSPS) is 14.3. The van der Waals surface area contributed by atoms with Crippen LogP contribution in [0.25, 0.3) is 11.1 Å². The smallest absolute Gasteiger partial charge is 0.320 e. The summed E-state index contributed by atoms with van der Waals surface area (Å²) in [5.41, 5.74) is 19.1. The minimum absolute atomic E-state index is 0.520. The number of rotatable bonds is 7. The predicted molar refractivity (Wildman–Crippen MR) is 127 cm³/mol. The molecular weight excluding hydrogens is 390 g/mol. The molecular formula is C25H37N3O3. The second kappa shape index (κ2) is 16.2. The van der Waals surface area contributed by atoms with E-state index in [4.69, 9.17) is 22.3 Å². The Bertz CT molecular complexity index is 729. The minimum atomic E-state index is -0.933. The molecule has 6 heteroatoms. The van der Waals surface area contributed by atoms with Gasteiger partial charge in [-0.3, -0.25) is 9.59 Å². The van der Waals surface area contributed by atoms with Gasteiger partial charge in [0.05, 0.1) is 0 Å². The molecule has 2 aromatic rings. The van der Waals surface area contributed by atoms with Gasteiger partial charge in [-0.05, 0) is 43.4 Å². The van der Waals surface area contributed by atoms with Crippen LogP contribution in [0.3, 0.4) is 0 Å². The Morgan fingerprint density at radius 1 is 0.968 bits per heavy atom. The highest BCUT2D eigenvalue weighted by atomic mass is 16.4. The Morgan fingerprint density at radius 3 is 2.00 bits per heavy atom. The molecule has 1 fully saturated rings. The van der Waals surface area contributed by atoms with Crippen LogP contribution in [-0.4, -0.2) is 36.0 Å². The molecule has 2 aromatic carbocycles. The fourth-order valence-corrected chi connectivity index (χ4v) is 3.15. The first-order chi connectivity index (χ1) is 15.0. The molecule has 0 amide bonds. The van der Waals surface area contributed by atoms with E-state index in [9.17, 15) is 9.59 Å². The second-order valence-electron chi connectivity index (χ2n) is 7.73. The van der Waals surface area contributed by atoms with Crippen LogP contribution in [0.2, 0.25) is 0 Å². The lowest BCUT2D eigenvalue weighted by atomic mass is 9.97. The van der Waals surface area contributed by atoms with Crippen molar-refractivity contribution < 1.29 is 14.7 Å². The Labute approximate surface area is 185 Å². The number of carboxylic acids is 1. The summed E-state index contributed by atoms with van der Waals surface area (Å²) >= 11 is 0. The Morgan fingerprint density at radius 2 is 1.55 bits per heavy atom. The molecule has 1 unspecified atom stereocenters. The summed E-state index contributed by atoms with van der Waals surface area (Å²) < 4.78 is 0. The predicted octanol–water partition coefficient (Wildman–Crippen LogP) is 3.97. The van der Waals surface area contributed by atoms with Gasteiger partial charge in [0.15, 0.2) is 0 Å². The van der Waals surface area contributed by atoms with E-state index in [1.807, 2.05) is 42.5 Å². The number of hydrogen-bond donors (Lipinski definition) is 4. The molecule has 0 aliphatic heterocycles. The van der Waals surface area contributed by atoms with Crippen molar-refractivity contribution in [2.45, 2.75) is 63.5 Å². The third-order valence-electron chi connectivity index (χ3n) is 5.09. The van der Waals surface area contributed by atoms with Gasteiger partial charge >= 0.3 is 5.97 Å². The van der Waals surface area contributed by atoms with Crippen molar-refractivity contribution >= 4 is 12.3 Å². The monoisotopic (exact) mass is 427 g/mol. The summed E-state index contributed by atoms with van der Waals surface area (Å²) in [7, 11) is 0. The summed E-state index contributed by atoms with van der Waals surface area (Å²) in [4.78, 5) is 20.6. The van der Waals surface area contributed by atoms with Crippen LogP contribution in [0.5, 0.6) is 0 Å². The quantitative estimate of drug-likeness (QED) is 0.390. The SMILES string of the molecule is NC1CCCCC1.NCCCCC(N)C(=O)O.O=Cc1ccc(-c2ccccc2)cc1. The summed E-state index contributed by atoms with van der Waals surface area (Å²) in [6.45, 7) is 0.604. The summed E-state index contributed by atoms with van der Waals surface area (Å²) in [5.74, 6) is -0.933. The van der Waals surface area contributed by atoms with E-state index in [0.29, 0.717) is 24.6 Å². The van der Waals surface area contributed by atoms with Crippen molar-refractivity contribution in [3.63, 3.8) is 0 Å². The zero-order chi connectivity index (χ0) is 22.9. The molecule has 0 aromatic heterocycles. The molecule has 0 radical (unpaired) electrons. The van der Waals surface area contributed by atoms with Gasteiger partial charge in [0.1, 0.15) is 12.3 Å². The number of aldehydes is 1. The van der Waals surface area contributed by atoms with Crippen LogP contribution in [0.1, 0.15) is 61.7 Å². The summed E-state index contributed by atoms with van der Waals surface area (Å²) in [6, 6.07) is 17.5. The van der Waals surface area contributed by atoms with E-state index in [-0.39, 0.29) is 0 Å². The standard InChI is InChI=1S/C13H10O.C6H14N2O2.C6H13N/c14-10-11-6-8-13(9-7-11)12-4-2-1-3-5-12;7-4-2-1-3-5(8)6(9)10;7-6-4-2-1-3-5-6/h1-10H;5H,1-4,7-8H2,(H,9,10);6H,1-5,7H2. The highest BCUT2D eigenvalue weighted by Gasteiger charge is 2.09. The average molecular weight is 428 g/mol. The van der Waals surface area contributed by atoms with Crippen molar-refractivity contribution in [3.05, 3.63) is 60.2 Å². The maximum absolute atomic E-state index is 10.5. The Balaban J connectivity index is 0.000000248. The molecule has 31 heavy (non-hydrogen) atoms. The fraction of sp³-hybridized carbons (Fsp3) is 0.440. The number of benzene rings is 2. The molecule has 6 nitrogen and oxygen atoms in total. The van der Waals surface area contributed by atoms with Crippen molar-refractivity contribution in [3.8, 4) is 11.1 Å². The van der Waals surface area contributed by atoms with Crippen molar-refractivity contribution in [2.75, 3.05) is 6.54 Å². The lowest BCUT2D eigenvalue weighted by Gasteiger charge is -2.15. The maximum Gasteiger partial charge on any atom is 0.320 e. The molecule has 0 heterocycles. The number of carboxylic acid groups (broad SMARTS) is 1. The van der Waals surface area contributed by atoms with Crippen LogP contribution in [0.15, 0.2) is 54.6 Å². The van der Waals surface area contributed by atoms with Gasteiger partial charge in [0, 0.05) is 11.6 Å². The van der Waals surface area contributed by atoms with Gasteiger partial charge in [0.2, 0.25) is 0 Å². The molecule has 170 valence electrons. The zero-order valence-electron chi connectivity index (χ0n) is 18.3. The molecule has 0 spiro atoms. The average Bonchev–Trinajstić information content (AvgIpc) is 2.81. The van der Waals surface area contributed by atoms with Crippen LogP contribution in [0, 0.1) is 0 Å². The van der Waals surface area contributed by atoms with Crippen molar-refractivity contribution in [1.29, 1.82) is 0 Å². The number of aliphatic carboxylic acids is 1. The third kappa shape index (κ3) is 12.0. The first kappa shape index (κ1) is 26.5. The van der Waals surface area contributed by atoms with Crippen LogP contribution >= 0.6 is 0 Å². The lowest BCUT2D eigenvalue weighted by molar-refractivity contribution is -0.138. The molecule has 1 aliphatic rings. The molecule has 0 bridgehead atoms. The third-order valence-corrected chi connectivity index (χ3v) is 5.09. The Kier molecular flexibility index (Phi) is 13.8. The van der Waals surface area contributed by atoms with Gasteiger partial charge < -0.3 is 22.3 Å². The molecule has 1 aliphatic carbocycles. The number of carbonyl (C=O) groups is 2. The van der Waals surface area contributed by atoms with Crippen molar-refractivity contribution in [2.24, 2.45) is 17.2 Å². The van der Waals surface area contributed by atoms with Gasteiger partial charge in [0.25, 0.3) is 0 Å². The van der Waals surface area contributed by atoms with Crippen molar-refractivity contribution in [1.82, 2.24) is 0 Å². The maximum atomic E-state index is 10.5. The van der Waals surface area contributed by atoms with Crippen LogP contribution < -0.4 is 17.2 Å². The van der Waals surface area contributed by atoms with Gasteiger partial charge in [-0.1, -0.05) is 80.3 Å². The molecule has 0 saturated heterocycles. The fourth-order valence-electron chi connectivity index (χ4n) is 3.15. The number of unbranched alkanes of at least 4 members (excludes halogenated alkanes) is 1. The van der Waals surface area contributed by atoms with E-state index >= 15 is 0 Å². The Hall–Kier alpha value is -2.54. The highest BCUT2D eigenvalue weighted by molar-refractivity contribution is 5.76. The van der Waals surface area contributed by atoms with E-state index in [0.717, 1.165) is 24.7 Å². The van der Waals surface area contributed by atoms with E-state index in [2.05, 4.69) is 12.1 Å². The summed E-state index contributed by atoms with van der Waals surface area (Å²) in [5, 5.41) is 8.33. The molecule has 3 rings (SSSR count). The topological polar surface area (TPSA) is 132 Å². The minimum Gasteiger partial charge on any atom is -0.480 e. The number of carbonyl (C=O) groups excluding carboxylic acids is 1. The van der Waals surface area contributed by atoms with Gasteiger partial charge in [-0.2, -0.15) is 0 Å². The first-order valence-electron chi connectivity index (χ1n) is 11.0. The van der Waals surface area contributed by atoms with E-state index in [1.165, 1.54) is 37.7 Å². The number of nitrogens with two attached hydrogens (primary N) is 3. The zero-order valence-corrected chi connectivity index (χ0v) is 18.3. The number of hydrogen-bond acceptors (Lipinski definition) is 5. The van der Waals surface area contributed by atoms with Crippen LogP contribution in [-0.2, 0) is 4.79 Å². The molecule has 1 saturated carbocycles.